The molecule has 7 nitrogen and oxygen atoms in total. The lowest BCUT2D eigenvalue weighted by Crippen LogP contribution is -2.35. The number of carbonyl (C=O) groups excluding carboxylic acids is 3. The number of hydrazine groups is 1. The summed E-state index contributed by atoms with van der Waals surface area (Å²) in [5.41, 5.74) is 5.71. The van der Waals surface area contributed by atoms with E-state index >= 15 is 0 Å². The van der Waals surface area contributed by atoms with Gasteiger partial charge in [0.2, 0.25) is 0 Å². The Labute approximate surface area is 223 Å². The molecule has 1 aliphatic rings. The first-order valence-corrected chi connectivity index (χ1v) is 12.4. The number of rotatable bonds is 6. The lowest BCUT2D eigenvalue weighted by molar-refractivity contribution is -0.118. The summed E-state index contributed by atoms with van der Waals surface area (Å²) in [5, 5.41) is 4.03. The molecule has 0 atom stereocenters. The Hall–Kier alpha value is -2.93. The number of benzene rings is 3. The average Bonchev–Trinajstić information content (AvgIpc) is 3.09. The van der Waals surface area contributed by atoms with Crippen LogP contribution in [0.15, 0.2) is 72.3 Å². The minimum atomic E-state index is -0.466. The number of amides is 3. The smallest absolute Gasteiger partial charge is 0.282 e. The number of para-hydroxylation sites is 1. The van der Waals surface area contributed by atoms with E-state index in [4.69, 9.17) is 4.74 Å². The number of hydrogen-bond acceptors (Lipinski definition) is 4. The minimum absolute atomic E-state index is 0.0431. The fourth-order valence-electron chi connectivity index (χ4n) is 3.26. The van der Waals surface area contributed by atoms with Gasteiger partial charge in [-0.05, 0) is 100 Å². The molecule has 3 aromatic carbocycles. The van der Waals surface area contributed by atoms with E-state index in [2.05, 4.69) is 55.9 Å². The maximum atomic E-state index is 12.8. The SMILES string of the molecule is Cc1ccc(NC(=O)COc2c(I)cc(/C=C3/C(=O)NN(c4ccccc4)C3=O)cc2I)cc1. The first-order valence-electron chi connectivity index (χ1n) is 10.2. The molecule has 1 heterocycles. The van der Waals surface area contributed by atoms with Gasteiger partial charge in [-0.2, -0.15) is 0 Å². The zero-order valence-electron chi connectivity index (χ0n) is 18.0. The van der Waals surface area contributed by atoms with Crippen molar-refractivity contribution in [3.8, 4) is 5.75 Å². The summed E-state index contributed by atoms with van der Waals surface area (Å²) >= 11 is 4.22. The molecular formula is C25H19I2N3O4. The lowest BCUT2D eigenvalue weighted by Gasteiger charge is -2.14. The van der Waals surface area contributed by atoms with Gasteiger partial charge in [0.05, 0.1) is 12.8 Å². The number of hydrogen-bond donors (Lipinski definition) is 2. The lowest BCUT2D eigenvalue weighted by atomic mass is 10.1. The maximum Gasteiger partial charge on any atom is 0.282 e. The zero-order valence-corrected chi connectivity index (χ0v) is 22.3. The largest absolute Gasteiger partial charge is 0.482 e. The minimum Gasteiger partial charge on any atom is -0.482 e. The van der Waals surface area contributed by atoms with E-state index in [1.807, 2.05) is 37.3 Å². The number of carbonyl (C=O) groups is 3. The van der Waals surface area contributed by atoms with Gasteiger partial charge in [0.25, 0.3) is 17.7 Å². The highest BCUT2D eigenvalue weighted by atomic mass is 127. The summed E-state index contributed by atoms with van der Waals surface area (Å²) in [5.74, 6) is -0.590. The summed E-state index contributed by atoms with van der Waals surface area (Å²) in [7, 11) is 0. The third kappa shape index (κ3) is 5.58. The standard InChI is InChI=1S/C25H19I2N3O4/c1-15-7-9-17(10-8-15)28-22(31)14-34-23-20(26)12-16(13-21(23)27)11-19-24(32)29-30(25(19)33)18-5-3-2-4-6-18/h2-13H,14H2,1H3,(H,28,31)(H,29,32)/b19-11-. The van der Waals surface area contributed by atoms with E-state index < -0.39 is 11.8 Å². The molecule has 3 aromatic rings. The number of nitrogens with zero attached hydrogens (tertiary/aromatic N) is 1. The zero-order chi connectivity index (χ0) is 24.2. The van der Waals surface area contributed by atoms with E-state index in [0.29, 0.717) is 22.7 Å². The third-order valence-electron chi connectivity index (χ3n) is 4.92. The normalized spacial score (nSPS) is 14.3. The molecule has 1 saturated heterocycles. The summed E-state index contributed by atoms with van der Waals surface area (Å²) in [6.45, 7) is 1.83. The Morgan fingerprint density at radius 1 is 1.03 bits per heavy atom. The molecular weight excluding hydrogens is 660 g/mol. The van der Waals surface area contributed by atoms with Gasteiger partial charge in [-0.1, -0.05) is 35.9 Å². The summed E-state index contributed by atoms with van der Waals surface area (Å²) in [4.78, 5) is 37.5. The third-order valence-corrected chi connectivity index (χ3v) is 6.52. The quantitative estimate of drug-likeness (QED) is 0.225. The fourth-order valence-corrected chi connectivity index (χ4v) is 5.38. The molecule has 4 rings (SSSR count). The molecule has 2 N–H and O–H groups in total. The van der Waals surface area contributed by atoms with Gasteiger partial charge in [-0.3, -0.25) is 19.8 Å². The maximum absolute atomic E-state index is 12.8. The summed E-state index contributed by atoms with van der Waals surface area (Å²) in [6, 6.07) is 20.0. The van der Waals surface area contributed by atoms with E-state index in [-0.39, 0.29) is 18.1 Å². The number of halogens is 2. The van der Waals surface area contributed by atoms with Crippen molar-refractivity contribution < 1.29 is 19.1 Å². The Morgan fingerprint density at radius 2 is 1.68 bits per heavy atom. The second-order valence-electron chi connectivity index (χ2n) is 7.49. The molecule has 9 heteroatoms. The van der Waals surface area contributed by atoms with Crippen LogP contribution in [0.4, 0.5) is 11.4 Å². The summed E-state index contributed by atoms with van der Waals surface area (Å²) < 4.78 is 7.27. The molecule has 1 aliphatic heterocycles. The topological polar surface area (TPSA) is 87.7 Å². The Bertz CT molecular complexity index is 1270. The van der Waals surface area contributed by atoms with Crippen molar-refractivity contribution in [1.29, 1.82) is 0 Å². The van der Waals surface area contributed by atoms with Crippen molar-refractivity contribution in [2.45, 2.75) is 6.92 Å². The van der Waals surface area contributed by atoms with Gasteiger partial charge in [0.1, 0.15) is 11.3 Å². The van der Waals surface area contributed by atoms with Crippen LogP contribution in [0.2, 0.25) is 0 Å². The van der Waals surface area contributed by atoms with Crippen LogP contribution in [-0.4, -0.2) is 24.3 Å². The van der Waals surface area contributed by atoms with E-state index in [1.165, 1.54) is 5.01 Å². The van der Waals surface area contributed by atoms with E-state index in [0.717, 1.165) is 12.7 Å². The molecule has 0 aromatic heterocycles. The van der Waals surface area contributed by atoms with Gasteiger partial charge < -0.3 is 10.1 Å². The van der Waals surface area contributed by atoms with Crippen molar-refractivity contribution in [3.05, 3.63) is 90.6 Å². The Balaban J connectivity index is 1.46. The monoisotopic (exact) mass is 679 g/mol. The Morgan fingerprint density at radius 3 is 2.32 bits per heavy atom. The van der Waals surface area contributed by atoms with E-state index in [9.17, 15) is 14.4 Å². The average molecular weight is 679 g/mol. The van der Waals surface area contributed by atoms with Crippen LogP contribution in [-0.2, 0) is 14.4 Å². The van der Waals surface area contributed by atoms with Crippen molar-refractivity contribution in [3.63, 3.8) is 0 Å². The van der Waals surface area contributed by atoms with Gasteiger partial charge >= 0.3 is 0 Å². The number of anilines is 2. The van der Waals surface area contributed by atoms with Gasteiger partial charge in [-0.15, -0.1) is 0 Å². The molecule has 0 bridgehead atoms. The number of nitrogens with one attached hydrogen (secondary N) is 2. The molecule has 0 spiro atoms. The predicted molar refractivity (Wildman–Crippen MR) is 147 cm³/mol. The van der Waals surface area contributed by atoms with Crippen molar-refractivity contribution >= 4 is 80.4 Å². The highest BCUT2D eigenvalue weighted by Gasteiger charge is 2.34. The molecule has 3 amide bonds. The van der Waals surface area contributed by atoms with E-state index in [1.54, 1.807) is 42.5 Å². The first-order chi connectivity index (χ1) is 16.3. The molecule has 172 valence electrons. The molecule has 0 radical (unpaired) electrons. The number of aryl methyl sites for hydroxylation is 1. The molecule has 1 fully saturated rings. The van der Waals surface area contributed by atoms with Crippen LogP contribution in [0.5, 0.6) is 5.75 Å². The predicted octanol–water partition coefficient (Wildman–Crippen LogP) is 4.68. The fraction of sp³-hybridized carbons (Fsp3) is 0.0800. The van der Waals surface area contributed by atoms with Gasteiger partial charge in [0, 0.05) is 5.69 Å². The van der Waals surface area contributed by atoms with Crippen LogP contribution in [0.3, 0.4) is 0 Å². The molecule has 0 unspecified atom stereocenters. The van der Waals surface area contributed by atoms with Crippen molar-refractivity contribution in [2.24, 2.45) is 0 Å². The number of ether oxygens (including phenoxy) is 1. The second-order valence-corrected chi connectivity index (χ2v) is 9.82. The van der Waals surface area contributed by atoms with Crippen LogP contribution < -0.4 is 20.5 Å². The highest BCUT2D eigenvalue weighted by Crippen LogP contribution is 2.30. The highest BCUT2D eigenvalue weighted by molar-refractivity contribution is 14.1. The molecule has 0 saturated carbocycles. The van der Waals surface area contributed by atoms with Gasteiger partial charge in [-0.25, -0.2) is 5.01 Å². The first kappa shape index (κ1) is 24.2. The molecule has 0 aliphatic carbocycles. The summed E-state index contributed by atoms with van der Waals surface area (Å²) in [6.07, 6.45) is 1.55. The van der Waals surface area contributed by atoms with Crippen molar-refractivity contribution in [2.75, 3.05) is 16.9 Å². The van der Waals surface area contributed by atoms with Crippen LogP contribution in [0, 0.1) is 14.1 Å². The second kappa shape index (κ2) is 10.6. The van der Waals surface area contributed by atoms with Crippen LogP contribution in [0.25, 0.3) is 6.08 Å². The van der Waals surface area contributed by atoms with Crippen molar-refractivity contribution in [1.82, 2.24) is 5.43 Å². The van der Waals surface area contributed by atoms with Crippen LogP contribution in [0.1, 0.15) is 11.1 Å². The molecule has 34 heavy (non-hydrogen) atoms. The van der Waals surface area contributed by atoms with Crippen LogP contribution >= 0.6 is 45.2 Å². The van der Waals surface area contributed by atoms with Gasteiger partial charge in [0.15, 0.2) is 6.61 Å². The Kier molecular flexibility index (Phi) is 7.51.